The number of hydrogen-bond acceptors (Lipinski definition) is 3. The van der Waals surface area contributed by atoms with Crippen molar-refractivity contribution in [1.29, 1.82) is 0 Å². The normalized spacial score (nSPS) is 22.2. The van der Waals surface area contributed by atoms with Crippen molar-refractivity contribution >= 4 is 5.96 Å². The maximum atomic E-state index is 9.33. The SMILES string of the molecule is CCNC(=NCC(CCO)CC(C)C)NC1CCN(C2CCCCC2)CC1. The van der Waals surface area contributed by atoms with Gasteiger partial charge in [-0.3, -0.25) is 4.99 Å². The van der Waals surface area contributed by atoms with Gasteiger partial charge in [0.1, 0.15) is 0 Å². The number of guanidine groups is 1. The van der Waals surface area contributed by atoms with Crippen LogP contribution in [-0.2, 0) is 0 Å². The number of aliphatic hydroxyl groups excluding tert-OH is 1. The Hall–Kier alpha value is -0.810. The van der Waals surface area contributed by atoms with E-state index in [4.69, 9.17) is 4.99 Å². The second-order valence-corrected chi connectivity index (χ2v) is 8.97. The predicted octanol–water partition coefficient (Wildman–Crippen LogP) is 3.38. The number of piperidine rings is 1. The van der Waals surface area contributed by atoms with Crippen LogP contribution in [0.5, 0.6) is 0 Å². The second-order valence-electron chi connectivity index (χ2n) is 8.97. The van der Waals surface area contributed by atoms with Crippen LogP contribution in [0.3, 0.4) is 0 Å². The predicted molar refractivity (Wildman–Crippen MR) is 115 cm³/mol. The van der Waals surface area contributed by atoms with Crippen LogP contribution in [0, 0.1) is 11.8 Å². The molecule has 0 aromatic rings. The van der Waals surface area contributed by atoms with Crippen LogP contribution in [0.15, 0.2) is 4.99 Å². The first-order valence-corrected chi connectivity index (χ1v) is 11.5. The first-order valence-electron chi connectivity index (χ1n) is 11.5. The Morgan fingerprint density at radius 2 is 1.81 bits per heavy atom. The molecular formula is C22H44N4O. The zero-order valence-electron chi connectivity index (χ0n) is 18.1. The molecule has 1 saturated carbocycles. The monoisotopic (exact) mass is 380 g/mol. The highest BCUT2D eigenvalue weighted by Crippen LogP contribution is 2.25. The Labute approximate surface area is 167 Å². The maximum Gasteiger partial charge on any atom is 0.191 e. The Bertz CT molecular complexity index is 413. The van der Waals surface area contributed by atoms with Gasteiger partial charge in [0.05, 0.1) is 0 Å². The van der Waals surface area contributed by atoms with Crippen LogP contribution >= 0.6 is 0 Å². The highest BCUT2D eigenvalue weighted by atomic mass is 16.3. The van der Waals surface area contributed by atoms with Gasteiger partial charge in [0.15, 0.2) is 5.96 Å². The quantitative estimate of drug-likeness (QED) is 0.424. The minimum Gasteiger partial charge on any atom is -0.396 e. The van der Waals surface area contributed by atoms with E-state index in [2.05, 4.69) is 36.3 Å². The molecule has 2 fully saturated rings. The summed E-state index contributed by atoms with van der Waals surface area (Å²) in [5.41, 5.74) is 0. The fraction of sp³-hybridized carbons (Fsp3) is 0.955. The van der Waals surface area contributed by atoms with Crippen molar-refractivity contribution in [3.63, 3.8) is 0 Å². The lowest BCUT2D eigenvalue weighted by Crippen LogP contribution is -2.51. The molecule has 0 bridgehead atoms. The fourth-order valence-electron chi connectivity index (χ4n) is 4.72. The van der Waals surface area contributed by atoms with E-state index in [0.717, 1.165) is 37.9 Å². The smallest absolute Gasteiger partial charge is 0.191 e. The Morgan fingerprint density at radius 3 is 2.41 bits per heavy atom. The molecule has 0 aromatic carbocycles. The van der Waals surface area contributed by atoms with E-state index in [9.17, 15) is 5.11 Å². The van der Waals surface area contributed by atoms with E-state index in [1.807, 2.05) is 0 Å². The number of nitrogens with zero attached hydrogens (tertiary/aromatic N) is 2. The molecule has 0 radical (unpaired) electrons. The summed E-state index contributed by atoms with van der Waals surface area (Å²) in [6.45, 7) is 11.0. The summed E-state index contributed by atoms with van der Waals surface area (Å²) in [5, 5.41) is 16.4. The minimum atomic E-state index is 0.260. The van der Waals surface area contributed by atoms with Crippen LogP contribution in [0.4, 0.5) is 0 Å². The lowest BCUT2D eigenvalue weighted by molar-refractivity contribution is 0.119. The van der Waals surface area contributed by atoms with Crippen LogP contribution < -0.4 is 10.6 Å². The van der Waals surface area contributed by atoms with Gasteiger partial charge in [-0.2, -0.15) is 0 Å². The van der Waals surface area contributed by atoms with Gasteiger partial charge in [0.25, 0.3) is 0 Å². The lowest BCUT2D eigenvalue weighted by atomic mass is 9.92. The first-order chi connectivity index (χ1) is 13.1. The third kappa shape index (κ3) is 8.39. The van der Waals surface area contributed by atoms with Gasteiger partial charge in [-0.25, -0.2) is 0 Å². The van der Waals surface area contributed by atoms with Crippen molar-refractivity contribution in [3.8, 4) is 0 Å². The topological polar surface area (TPSA) is 59.9 Å². The van der Waals surface area contributed by atoms with Crippen LogP contribution in [0.25, 0.3) is 0 Å². The van der Waals surface area contributed by atoms with Crippen LogP contribution in [0.1, 0.15) is 78.6 Å². The maximum absolute atomic E-state index is 9.33. The van der Waals surface area contributed by atoms with Gasteiger partial charge in [0.2, 0.25) is 0 Å². The molecule has 1 unspecified atom stereocenters. The van der Waals surface area contributed by atoms with E-state index >= 15 is 0 Å². The number of likely N-dealkylation sites (tertiary alicyclic amines) is 1. The molecule has 2 aliphatic rings. The van der Waals surface area contributed by atoms with Crippen molar-refractivity contribution in [2.45, 2.75) is 90.6 Å². The third-order valence-corrected chi connectivity index (χ3v) is 6.16. The second kappa shape index (κ2) is 12.6. The van der Waals surface area contributed by atoms with E-state index < -0.39 is 0 Å². The average molecular weight is 381 g/mol. The van der Waals surface area contributed by atoms with Crippen molar-refractivity contribution in [2.24, 2.45) is 16.8 Å². The van der Waals surface area contributed by atoms with Crippen molar-refractivity contribution < 1.29 is 5.11 Å². The Morgan fingerprint density at radius 1 is 1.11 bits per heavy atom. The number of hydrogen-bond donors (Lipinski definition) is 3. The molecule has 0 amide bonds. The summed E-state index contributed by atoms with van der Waals surface area (Å²) in [6, 6.07) is 1.38. The molecule has 1 heterocycles. The molecule has 27 heavy (non-hydrogen) atoms. The Balaban J connectivity index is 1.80. The molecule has 158 valence electrons. The largest absolute Gasteiger partial charge is 0.396 e. The van der Waals surface area contributed by atoms with E-state index in [-0.39, 0.29) is 6.61 Å². The molecule has 3 N–H and O–H groups in total. The summed E-state index contributed by atoms with van der Waals surface area (Å²) in [4.78, 5) is 7.60. The van der Waals surface area contributed by atoms with E-state index in [0.29, 0.717) is 17.9 Å². The highest BCUT2D eigenvalue weighted by molar-refractivity contribution is 5.80. The van der Waals surface area contributed by atoms with Crippen molar-refractivity contribution in [1.82, 2.24) is 15.5 Å². The molecule has 0 spiro atoms. The van der Waals surface area contributed by atoms with Gasteiger partial charge in [-0.05, 0) is 57.3 Å². The fourth-order valence-corrected chi connectivity index (χ4v) is 4.72. The van der Waals surface area contributed by atoms with Crippen LogP contribution in [0.2, 0.25) is 0 Å². The summed E-state index contributed by atoms with van der Waals surface area (Å²) < 4.78 is 0. The molecule has 1 atom stereocenters. The lowest BCUT2D eigenvalue weighted by Gasteiger charge is -2.39. The molecule has 0 aromatic heterocycles. The molecule has 1 saturated heterocycles. The third-order valence-electron chi connectivity index (χ3n) is 6.16. The number of nitrogens with one attached hydrogen (secondary N) is 2. The van der Waals surface area contributed by atoms with Gasteiger partial charge in [-0.15, -0.1) is 0 Å². The number of aliphatic hydroxyl groups is 1. The summed E-state index contributed by atoms with van der Waals surface area (Å²) in [6.07, 6.45) is 11.5. The zero-order valence-corrected chi connectivity index (χ0v) is 18.1. The van der Waals surface area contributed by atoms with E-state index in [1.165, 1.54) is 58.0 Å². The molecule has 5 heteroatoms. The summed E-state index contributed by atoms with van der Waals surface area (Å²) in [7, 11) is 0. The van der Waals surface area contributed by atoms with Crippen LogP contribution in [-0.4, -0.2) is 60.8 Å². The first kappa shape index (κ1) is 22.5. The standard InChI is InChI=1S/C22H44N4O/c1-4-23-22(24-17-19(12-15-27)16-18(2)3)25-20-10-13-26(14-11-20)21-8-6-5-7-9-21/h18-21,27H,4-17H2,1-3H3,(H2,23,24,25). The number of aliphatic imine (C=N–C) groups is 1. The van der Waals surface area contributed by atoms with Gasteiger partial charge < -0.3 is 20.6 Å². The van der Waals surface area contributed by atoms with Gasteiger partial charge >= 0.3 is 0 Å². The molecule has 1 aliphatic heterocycles. The molecule has 1 aliphatic carbocycles. The Kier molecular flexibility index (Phi) is 10.5. The molecular weight excluding hydrogens is 336 g/mol. The summed E-state index contributed by atoms with van der Waals surface area (Å²) >= 11 is 0. The average Bonchev–Trinajstić information content (AvgIpc) is 2.67. The van der Waals surface area contributed by atoms with Crippen molar-refractivity contribution in [3.05, 3.63) is 0 Å². The molecule has 5 nitrogen and oxygen atoms in total. The van der Waals surface area contributed by atoms with E-state index in [1.54, 1.807) is 0 Å². The molecule has 2 rings (SSSR count). The summed E-state index contributed by atoms with van der Waals surface area (Å²) in [5.74, 6) is 2.08. The minimum absolute atomic E-state index is 0.260. The van der Waals surface area contributed by atoms with Gasteiger partial charge in [-0.1, -0.05) is 33.1 Å². The highest BCUT2D eigenvalue weighted by Gasteiger charge is 2.26. The van der Waals surface area contributed by atoms with Gasteiger partial charge in [0, 0.05) is 44.9 Å². The zero-order chi connectivity index (χ0) is 19.5. The van der Waals surface area contributed by atoms with Crippen molar-refractivity contribution in [2.75, 3.05) is 32.8 Å². The number of rotatable bonds is 9.